The van der Waals surface area contributed by atoms with Crippen molar-refractivity contribution >= 4 is 11.0 Å². The summed E-state index contributed by atoms with van der Waals surface area (Å²) in [5.74, 6) is 1.08. The zero-order valence-corrected chi connectivity index (χ0v) is 13.0. The van der Waals surface area contributed by atoms with Crippen LogP contribution in [0.1, 0.15) is 50.1 Å². The van der Waals surface area contributed by atoms with Crippen LogP contribution in [-0.2, 0) is 13.0 Å². The van der Waals surface area contributed by atoms with Gasteiger partial charge in [0.05, 0.1) is 6.54 Å². The van der Waals surface area contributed by atoms with Crippen LogP contribution in [0.25, 0.3) is 11.0 Å². The lowest BCUT2D eigenvalue weighted by atomic mass is 10.0. The molecule has 0 aliphatic carbocycles. The standard InChI is InChI=1S/C17H25NO/c1-7-13-14-9-11(2)8-12(3)16(14)19-15(13)10-18-17(4,5)6/h8-9,18H,7,10H2,1-6H3. The monoisotopic (exact) mass is 259 g/mol. The average molecular weight is 259 g/mol. The van der Waals surface area contributed by atoms with Crippen molar-refractivity contribution in [2.75, 3.05) is 0 Å². The Morgan fingerprint density at radius 1 is 1.16 bits per heavy atom. The van der Waals surface area contributed by atoms with Gasteiger partial charge in [-0.2, -0.15) is 0 Å². The van der Waals surface area contributed by atoms with Crippen LogP contribution in [0.15, 0.2) is 16.5 Å². The minimum Gasteiger partial charge on any atom is -0.459 e. The lowest BCUT2D eigenvalue weighted by Gasteiger charge is -2.19. The normalized spacial score (nSPS) is 12.3. The van der Waals surface area contributed by atoms with Crippen molar-refractivity contribution in [3.8, 4) is 0 Å². The molecule has 0 amide bonds. The number of aryl methyl sites for hydroxylation is 3. The van der Waals surface area contributed by atoms with Gasteiger partial charge in [-0.3, -0.25) is 0 Å². The molecule has 1 N–H and O–H groups in total. The molecule has 104 valence electrons. The molecular formula is C17H25NO. The Balaban J connectivity index is 2.47. The predicted octanol–water partition coefficient (Wildman–Crippen LogP) is 4.50. The zero-order valence-electron chi connectivity index (χ0n) is 13.0. The van der Waals surface area contributed by atoms with Gasteiger partial charge in [0.15, 0.2) is 0 Å². The Morgan fingerprint density at radius 2 is 1.84 bits per heavy atom. The molecule has 0 spiro atoms. The van der Waals surface area contributed by atoms with Crippen molar-refractivity contribution < 1.29 is 4.42 Å². The Kier molecular flexibility index (Phi) is 3.73. The second-order valence-electron chi connectivity index (χ2n) is 6.42. The first-order chi connectivity index (χ1) is 8.81. The van der Waals surface area contributed by atoms with Gasteiger partial charge in [0.25, 0.3) is 0 Å². The Morgan fingerprint density at radius 3 is 2.42 bits per heavy atom. The van der Waals surface area contributed by atoms with Crippen LogP contribution < -0.4 is 5.32 Å². The van der Waals surface area contributed by atoms with Gasteiger partial charge in [-0.15, -0.1) is 0 Å². The highest BCUT2D eigenvalue weighted by atomic mass is 16.3. The number of hydrogen-bond acceptors (Lipinski definition) is 2. The molecule has 2 heteroatoms. The number of nitrogens with one attached hydrogen (secondary N) is 1. The minimum atomic E-state index is 0.106. The highest BCUT2D eigenvalue weighted by Gasteiger charge is 2.17. The van der Waals surface area contributed by atoms with Crippen molar-refractivity contribution in [2.45, 2.75) is 60.0 Å². The molecule has 1 aromatic carbocycles. The largest absolute Gasteiger partial charge is 0.459 e. The maximum absolute atomic E-state index is 6.11. The molecule has 0 aliphatic rings. The minimum absolute atomic E-state index is 0.106. The summed E-state index contributed by atoms with van der Waals surface area (Å²) >= 11 is 0. The van der Waals surface area contributed by atoms with E-state index in [0.717, 1.165) is 24.3 Å². The summed E-state index contributed by atoms with van der Waals surface area (Å²) in [5.41, 5.74) is 5.03. The van der Waals surface area contributed by atoms with Crippen LogP contribution in [0.5, 0.6) is 0 Å². The van der Waals surface area contributed by atoms with E-state index in [9.17, 15) is 0 Å². The molecule has 0 atom stereocenters. The second-order valence-corrected chi connectivity index (χ2v) is 6.42. The fraction of sp³-hybridized carbons (Fsp3) is 0.529. The van der Waals surface area contributed by atoms with E-state index in [-0.39, 0.29) is 5.54 Å². The summed E-state index contributed by atoms with van der Waals surface area (Å²) in [5, 5.41) is 4.80. The van der Waals surface area contributed by atoms with Crippen molar-refractivity contribution in [2.24, 2.45) is 0 Å². The van der Waals surface area contributed by atoms with Crippen molar-refractivity contribution in [1.82, 2.24) is 5.32 Å². The molecule has 0 fully saturated rings. The first-order valence-electron chi connectivity index (χ1n) is 7.08. The third kappa shape index (κ3) is 3.01. The quantitative estimate of drug-likeness (QED) is 0.878. The van der Waals surface area contributed by atoms with Crippen LogP contribution in [-0.4, -0.2) is 5.54 Å². The summed E-state index contributed by atoms with van der Waals surface area (Å²) in [6.07, 6.45) is 1.01. The van der Waals surface area contributed by atoms with Crippen molar-refractivity contribution in [3.63, 3.8) is 0 Å². The topological polar surface area (TPSA) is 25.2 Å². The molecule has 19 heavy (non-hydrogen) atoms. The molecule has 2 nitrogen and oxygen atoms in total. The van der Waals surface area contributed by atoms with E-state index in [1.54, 1.807) is 0 Å². The van der Waals surface area contributed by atoms with E-state index in [1.807, 2.05) is 0 Å². The van der Waals surface area contributed by atoms with E-state index >= 15 is 0 Å². The van der Waals surface area contributed by atoms with Gasteiger partial charge in [-0.05, 0) is 58.2 Å². The van der Waals surface area contributed by atoms with Crippen LogP contribution in [0.4, 0.5) is 0 Å². The summed E-state index contributed by atoms with van der Waals surface area (Å²) in [6, 6.07) is 4.43. The molecule has 0 radical (unpaired) electrons. The lowest BCUT2D eigenvalue weighted by molar-refractivity contribution is 0.393. The summed E-state index contributed by atoms with van der Waals surface area (Å²) in [7, 11) is 0. The van der Waals surface area contributed by atoms with Gasteiger partial charge in [0, 0.05) is 16.5 Å². The molecule has 1 heterocycles. The Hall–Kier alpha value is -1.28. The number of furan rings is 1. The van der Waals surface area contributed by atoms with Gasteiger partial charge >= 0.3 is 0 Å². The third-order valence-corrected chi connectivity index (χ3v) is 3.44. The van der Waals surface area contributed by atoms with E-state index in [4.69, 9.17) is 4.42 Å². The van der Waals surface area contributed by atoms with Crippen LogP contribution in [0.3, 0.4) is 0 Å². The van der Waals surface area contributed by atoms with Gasteiger partial charge in [0.2, 0.25) is 0 Å². The number of rotatable bonds is 3. The molecule has 0 saturated carbocycles. The Labute approximate surface area is 116 Å². The number of benzene rings is 1. The Bertz CT molecular complexity index is 587. The number of hydrogen-bond donors (Lipinski definition) is 1. The van der Waals surface area contributed by atoms with Crippen LogP contribution in [0, 0.1) is 13.8 Å². The summed E-state index contributed by atoms with van der Waals surface area (Å²) < 4.78 is 6.11. The molecule has 0 saturated heterocycles. The first-order valence-corrected chi connectivity index (χ1v) is 7.08. The van der Waals surface area contributed by atoms with E-state index in [1.165, 1.54) is 22.1 Å². The highest BCUT2D eigenvalue weighted by molar-refractivity contribution is 5.85. The van der Waals surface area contributed by atoms with Gasteiger partial charge in [0.1, 0.15) is 11.3 Å². The molecule has 2 rings (SSSR count). The summed E-state index contributed by atoms with van der Waals surface area (Å²) in [6.45, 7) is 13.8. The molecule has 0 aliphatic heterocycles. The lowest BCUT2D eigenvalue weighted by Crippen LogP contribution is -2.35. The van der Waals surface area contributed by atoms with Crippen molar-refractivity contribution in [1.29, 1.82) is 0 Å². The van der Waals surface area contributed by atoms with Crippen LogP contribution >= 0.6 is 0 Å². The first kappa shape index (κ1) is 14.1. The fourth-order valence-corrected chi connectivity index (χ4v) is 2.52. The zero-order chi connectivity index (χ0) is 14.2. The molecule has 0 unspecified atom stereocenters. The van der Waals surface area contributed by atoms with Gasteiger partial charge < -0.3 is 9.73 Å². The fourth-order valence-electron chi connectivity index (χ4n) is 2.52. The van der Waals surface area contributed by atoms with Gasteiger partial charge in [-0.1, -0.05) is 13.0 Å². The molecular weight excluding hydrogens is 234 g/mol. The predicted molar refractivity (Wildman–Crippen MR) is 81.7 cm³/mol. The second kappa shape index (κ2) is 5.01. The van der Waals surface area contributed by atoms with E-state index in [2.05, 4.69) is 59.0 Å². The number of fused-ring (bicyclic) bond motifs is 1. The molecule has 1 aromatic heterocycles. The molecule has 2 aromatic rings. The summed E-state index contributed by atoms with van der Waals surface area (Å²) in [4.78, 5) is 0. The SMILES string of the molecule is CCc1c(CNC(C)(C)C)oc2c(C)cc(C)cc12. The van der Waals surface area contributed by atoms with Gasteiger partial charge in [-0.25, -0.2) is 0 Å². The van der Waals surface area contributed by atoms with Crippen LogP contribution in [0.2, 0.25) is 0 Å². The highest BCUT2D eigenvalue weighted by Crippen LogP contribution is 2.30. The molecule has 0 bridgehead atoms. The average Bonchev–Trinajstić information content (AvgIpc) is 2.63. The van der Waals surface area contributed by atoms with Crippen molar-refractivity contribution in [3.05, 3.63) is 34.6 Å². The maximum Gasteiger partial charge on any atom is 0.137 e. The van der Waals surface area contributed by atoms with E-state index in [0.29, 0.717) is 0 Å². The smallest absolute Gasteiger partial charge is 0.137 e. The van der Waals surface area contributed by atoms with E-state index < -0.39 is 0 Å². The third-order valence-electron chi connectivity index (χ3n) is 3.44. The maximum atomic E-state index is 6.11.